The molecule has 1 heterocycles. The molecule has 19 heavy (non-hydrogen) atoms. The van der Waals surface area contributed by atoms with Crippen LogP contribution in [-0.2, 0) is 14.8 Å². The summed E-state index contributed by atoms with van der Waals surface area (Å²) in [6, 6.07) is 4.42. The van der Waals surface area contributed by atoms with E-state index in [1.54, 1.807) is 13.0 Å². The lowest BCUT2D eigenvalue weighted by Gasteiger charge is -2.26. The molecule has 6 nitrogen and oxygen atoms in total. The van der Waals surface area contributed by atoms with E-state index in [0.29, 0.717) is 31.9 Å². The van der Waals surface area contributed by atoms with Crippen molar-refractivity contribution in [3.8, 4) is 0 Å². The van der Waals surface area contributed by atoms with Crippen molar-refractivity contribution in [1.82, 2.24) is 4.31 Å². The first-order valence-electron chi connectivity index (χ1n) is 5.91. The van der Waals surface area contributed by atoms with Crippen molar-refractivity contribution in [2.24, 2.45) is 5.73 Å². The molecule has 2 rings (SSSR count). The van der Waals surface area contributed by atoms with Crippen LogP contribution in [0.1, 0.15) is 15.9 Å². The van der Waals surface area contributed by atoms with E-state index >= 15 is 0 Å². The number of aryl methyl sites for hydroxylation is 1. The van der Waals surface area contributed by atoms with Gasteiger partial charge in [-0.25, -0.2) is 8.42 Å². The van der Waals surface area contributed by atoms with Gasteiger partial charge in [0.05, 0.1) is 18.1 Å². The van der Waals surface area contributed by atoms with Crippen LogP contribution in [0.2, 0.25) is 0 Å². The molecule has 0 unspecified atom stereocenters. The molecule has 0 aromatic heterocycles. The number of amides is 1. The summed E-state index contributed by atoms with van der Waals surface area (Å²) in [6.45, 7) is 3.12. The van der Waals surface area contributed by atoms with Crippen LogP contribution in [-0.4, -0.2) is 44.9 Å². The highest BCUT2D eigenvalue weighted by molar-refractivity contribution is 7.89. The predicted molar refractivity (Wildman–Crippen MR) is 69.3 cm³/mol. The molecule has 1 aromatic carbocycles. The highest BCUT2D eigenvalue weighted by Crippen LogP contribution is 2.20. The van der Waals surface area contributed by atoms with Gasteiger partial charge >= 0.3 is 0 Å². The van der Waals surface area contributed by atoms with Gasteiger partial charge in [0.25, 0.3) is 0 Å². The number of hydrogen-bond donors (Lipinski definition) is 1. The molecule has 1 aromatic rings. The first kappa shape index (κ1) is 14.0. The van der Waals surface area contributed by atoms with Crippen LogP contribution in [0.5, 0.6) is 0 Å². The lowest BCUT2D eigenvalue weighted by atomic mass is 10.1. The van der Waals surface area contributed by atoms with Gasteiger partial charge in [0.15, 0.2) is 0 Å². The Labute approximate surface area is 112 Å². The molecule has 1 amide bonds. The number of benzene rings is 1. The normalized spacial score (nSPS) is 17.3. The van der Waals surface area contributed by atoms with Gasteiger partial charge in [0.2, 0.25) is 15.9 Å². The van der Waals surface area contributed by atoms with Crippen molar-refractivity contribution < 1.29 is 17.9 Å². The maximum absolute atomic E-state index is 12.4. The Bertz CT molecular complexity index is 592. The van der Waals surface area contributed by atoms with Crippen LogP contribution in [0, 0.1) is 6.92 Å². The zero-order valence-corrected chi connectivity index (χ0v) is 11.4. The number of carbonyl (C=O) groups is 1. The van der Waals surface area contributed by atoms with E-state index in [1.807, 2.05) is 0 Å². The lowest BCUT2D eigenvalue weighted by Crippen LogP contribution is -2.40. The van der Waals surface area contributed by atoms with Crippen molar-refractivity contribution in [3.63, 3.8) is 0 Å². The third-order valence-electron chi connectivity index (χ3n) is 3.08. The van der Waals surface area contributed by atoms with Crippen LogP contribution in [0.4, 0.5) is 0 Å². The van der Waals surface area contributed by atoms with Crippen molar-refractivity contribution in [3.05, 3.63) is 29.3 Å². The molecule has 7 heteroatoms. The van der Waals surface area contributed by atoms with E-state index < -0.39 is 15.9 Å². The molecule has 0 saturated carbocycles. The number of rotatable bonds is 3. The van der Waals surface area contributed by atoms with E-state index in [9.17, 15) is 13.2 Å². The molecule has 0 aliphatic carbocycles. The Morgan fingerprint density at radius 1 is 1.32 bits per heavy atom. The van der Waals surface area contributed by atoms with Crippen LogP contribution in [0.25, 0.3) is 0 Å². The van der Waals surface area contributed by atoms with Crippen LogP contribution in [0.15, 0.2) is 23.1 Å². The number of primary amides is 1. The molecule has 0 spiro atoms. The van der Waals surface area contributed by atoms with Gasteiger partial charge in [-0.15, -0.1) is 0 Å². The van der Waals surface area contributed by atoms with Crippen molar-refractivity contribution in [2.75, 3.05) is 26.3 Å². The standard InChI is InChI=1S/C12H16N2O4S/c1-9-2-3-10(8-11(9)12(13)15)19(16,17)14-4-6-18-7-5-14/h2-3,8H,4-7H2,1H3,(H2,13,15). The fourth-order valence-electron chi connectivity index (χ4n) is 1.96. The predicted octanol–water partition coefficient (Wildman–Crippen LogP) is 0.115. The number of morpholine rings is 1. The summed E-state index contributed by atoms with van der Waals surface area (Å²) in [5, 5.41) is 0. The molecule has 0 bridgehead atoms. The van der Waals surface area contributed by atoms with E-state index in [2.05, 4.69) is 0 Å². The molecule has 1 saturated heterocycles. The molecule has 104 valence electrons. The van der Waals surface area contributed by atoms with E-state index in [0.717, 1.165) is 0 Å². The fourth-order valence-corrected chi connectivity index (χ4v) is 3.40. The van der Waals surface area contributed by atoms with Crippen molar-refractivity contribution in [2.45, 2.75) is 11.8 Å². The molecule has 0 radical (unpaired) electrons. The molecular weight excluding hydrogens is 268 g/mol. The minimum Gasteiger partial charge on any atom is -0.379 e. The number of ether oxygens (including phenoxy) is 1. The fraction of sp³-hybridized carbons (Fsp3) is 0.417. The summed E-state index contributed by atoms with van der Waals surface area (Å²) in [4.78, 5) is 11.4. The smallest absolute Gasteiger partial charge is 0.249 e. The Balaban J connectivity index is 2.40. The molecule has 1 fully saturated rings. The van der Waals surface area contributed by atoms with Gasteiger partial charge < -0.3 is 10.5 Å². The van der Waals surface area contributed by atoms with Crippen molar-refractivity contribution in [1.29, 1.82) is 0 Å². The van der Waals surface area contributed by atoms with Gasteiger partial charge in [-0.1, -0.05) is 6.07 Å². The minimum absolute atomic E-state index is 0.0915. The van der Waals surface area contributed by atoms with E-state index in [1.165, 1.54) is 16.4 Å². The Hall–Kier alpha value is -1.44. The third-order valence-corrected chi connectivity index (χ3v) is 4.98. The number of nitrogens with two attached hydrogens (primary N) is 1. The van der Waals surface area contributed by atoms with Gasteiger partial charge in [0, 0.05) is 18.7 Å². The number of nitrogens with zero attached hydrogens (tertiary/aromatic N) is 1. The summed E-state index contributed by atoms with van der Waals surface area (Å²) in [6.07, 6.45) is 0. The number of carbonyl (C=O) groups excluding carboxylic acids is 1. The monoisotopic (exact) mass is 284 g/mol. The van der Waals surface area contributed by atoms with Crippen LogP contribution in [0.3, 0.4) is 0 Å². The quantitative estimate of drug-likeness (QED) is 0.853. The summed E-state index contributed by atoms with van der Waals surface area (Å²) in [5.41, 5.74) is 6.13. The van der Waals surface area contributed by atoms with Crippen LogP contribution >= 0.6 is 0 Å². The van der Waals surface area contributed by atoms with Crippen molar-refractivity contribution >= 4 is 15.9 Å². The summed E-state index contributed by atoms with van der Waals surface area (Å²) in [5.74, 6) is -0.628. The van der Waals surface area contributed by atoms with Gasteiger partial charge in [-0.05, 0) is 24.6 Å². The Morgan fingerprint density at radius 3 is 2.53 bits per heavy atom. The minimum atomic E-state index is -3.59. The highest BCUT2D eigenvalue weighted by Gasteiger charge is 2.27. The largest absolute Gasteiger partial charge is 0.379 e. The molecule has 1 aliphatic rings. The zero-order chi connectivity index (χ0) is 14.0. The third kappa shape index (κ3) is 2.78. The number of hydrogen-bond acceptors (Lipinski definition) is 4. The molecule has 2 N–H and O–H groups in total. The first-order valence-corrected chi connectivity index (χ1v) is 7.35. The van der Waals surface area contributed by atoms with Gasteiger partial charge in [-0.3, -0.25) is 4.79 Å². The maximum Gasteiger partial charge on any atom is 0.249 e. The Kier molecular flexibility index (Phi) is 3.88. The second kappa shape index (κ2) is 5.28. The lowest BCUT2D eigenvalue weighted by molar-refractivity contribution is 0.0730. The SMILES string of the molecule is Cc1ccc(S(=O)(=O)N2CCOCC2)cc1C(N)=O. The maximum atomic E-state index is 12.4. The summed E-state index contributed by atoms with van der Waals surface area (Å²) in [7, 11) is -3.59. The Morgan fingerprint density at radius 2 is 1.95 bits per heavy atom. The first-order chi connectivity index (χ1) is 8.93. The summed E-state index contributed by atoms with van der Waals surface area (Å²) < 4.78 is 31.3. The van der Waals surface area contributed by atoms with E-state index in [-0.39, 0.29) is 10.5 Å². The summed E-state index contributed by atoms with van der Waals surface area (Å²) >= 11 is 0. The molecule has 1 aliphatic heterocycles. The zero-order valence-electron chi connectivity index (χ0n) is 10.6. The average Bonchev–Trinajstić information content (AvgIpc) is 2.39. The number of sulfonamides is 1. The van der Waals surface area contributed by atoms with Crippen LogP contribution < -0.4 is 5.73 Å². The second-order valence-electron chi connectivity index (χ2n) is 4.36. The highest BCUT2D eigenvalue weighted by atomic mass is 32.2. The van der Waals surface area contributed by atoms with Gasteiger partial charge in [-0.2, -0.15) is 4.31 Å². The average molecular weight is 284 g/mol. The van der Waals surface area contributed by atoms with Gasteiger partial charge in [0.1, 0.15) is 0 Å². The topological polar surface area (TPSA) is 89.7 Å². The molecule has 0 atom stereocenters. The molecular formula is C12H16N2O4S. The van der Waals surface area contributed by atoms with E-state index in [4.69, 9.17) is 10.5 Å². The second-order valence-corrected chi connectivity index (χ2v) is 6.30.